The Kier molecular flexibility index (Phi) is 7.48. The lowest BCUT2D eigenvalue weighted by atomic mass is 9.70. The molecule has 0 unspecified atom stereocenters. The zero-order valence-corrected chi connectivity index (χ0v) is 20.3. The summed E-state index contributed by atoms with van der Waals surface area (Å²) in [6.07, 6.45) is 1.06. The van der Waals surface area contributed by atoms with Crippen molar-refractivity contribution in [2.24, 2.45) is 5.92 Å². The molecule has 9 heteroatoms. The Morgan fingerprint density at radius 1 is 1.09 bits per heavy atom. The molecule has 4 rings (SSSR count). The lowest BCUT2D eigenvalue weighted by Gasteiger charge is -2.43. The Bertz CT molecular complexity index is 1060. The molecule has 0 bridgehead atoms. The van der Waals surface area contributed by atoms with E-state index in [0.29, 0.717) is 42.3 Å². The molecule has 1 saturated carbocycles. The Hall–Kier alpha value is -2.19. The summed E-state index contributed by atoms with van der Waals surface area (Å²) in [5, 5.41) is 14.0. The predicted molar refractivity (Wildman–Crippen MR) is 128 cm³/mol. The molecular weight excluding hydrogens is 482 g/mol. The molecule has 1 aliphatic carbocycles. The number of halogens is 3. The summed E-state index contributed by atoms with van der Waals surface area (Å²) in [5.74, 6) is -1.03. The molecule has 0 aromatic heterocycles. The molecule has 1 heterocycles. The van der Waals surface area contributed by atoms with Gasteiger partial charge in [-0.3, -0.25) is 9.69 Å². The average molecular weight is 509 g/mol. The number of carbonyl (C=O) groups excluding carboxylic acids is 2. The molecule has 0 radical (unpaired) electrons. The van der Waals surface area contributed by atoms with Crippen LogP contribution in [0, 0.1) is 11.7 Å². The first kappa shape index (κ1) is 24.9. The molecule has 1 aliphatic heterocycles. The molecule has 0 spiro atoms. The topological polar surface area (TPSA) is 78.9 Å². The number of rotatable bonds is 5. The van der Waals surface area contributed by atoms with Crippen molar-refractivity contribution in [2.75, 3.05) is 20.1 Å². The maximum Gasteiger partial charge on any atom is 0.415 e. The second-order valence-corrected chi connectivity index (χ2v) is 9.85. The van der Waals surface area contributed by atoms with Crippen molar-refractivity contribution in [1.82, 2.24) is 10.2 Å². The molecule has 2 aromatic rings. The summed E-state index contributed by atoms with van der Waals surface area (Å²) in [7, 11) is 1.55. The van der Waals surface area contributed by atoms with Gasteiger partial charge in [-0.15, -0.1) is 0 Å². The van der Waals surface area contributed by atoms with Gasteiger partial charge in [-0.2, -0.15) is 0 Å². The van der Waals surface area contributed by atoms with Crippen molar-refractivity contribution in [2.45, 2.75) is 43.2 Å². The van der Waals surface area contributed by atoms with Crippen LogP contribution in [0.25, 0.3) is 0 Å². The van der Waals surface area contributed by atoms with Gasteiger partial charge in [0.15, 0.2) is 5.78 Å². The standard InChI is InChI=1S/C25H27Cl2FN2O4/c1-30(24(33)34-19-9-5-17(28)6-10-19)25(23(32)15-2-7-18(31)8-3-15)14-29-13-20(25)16-4-11-21(26)22(27)12-16/h4-6,9-12,15,18,20,29,31H,2-3,7-8,13-14H2,1H3/t15?,18?,20-,25+/m0/s1. The number of hydrogen-bond acceptors (Lipinski definition) is 5. The maximum absolute atomic E-state index is 14.1. The number of aliphatic hydroxyl groups excluding tert-OH is 1. The van der Waals surface area contributed by atoms with E-state index in [1.165, 1.54) is 29.2 Å². The molecular formula is C25H27Cl2FN2O4. The fourth-order valence-electron chi connectivity index (χ4n) is 5.12. The van der Waals surface area contributed by atoms with Crippen LogP contribution in [-0.2, 0) is 4.79 Å². The Morgan fingerprint density at radius 2 is 1.76 bits per heavy atom. The van der Waals surface area contributed by atoms with Gasteiger partial charge in [0.05, 0.1) is 16.1 Å². The average Bonchev–Trinajstić information content (AvgIpc) is 3.28. The summed E-state index contributed by atoms with van der Waals surface area (Å²) in [5.41, 5.74) is -0.452. The number of ether oxygens (including phenoxy) is 1. The molecule has 1 amide bonds. The molecule has 1 saturated heterocycles. The summed E-state index contributed by atoms with van der Waals surface area (Å²) in [6, 6.07) is 10.4. The quantitative estimate of drug-likeness (QED) is 0.605. The monoisotopic (exact) mass is 508 g/mol. The van der Waals surface area contributed by atoms with E-state index in [-0.39, 0.29) is 24.0 Å². The second kappa shape index (κ2) is 10.2. The number of amides is 1. The minimum Gasteiger partial charge on any atom is -0.410 e. The molecule has 182 valence electrons. The van der Waals surface area contributed by atoms with Crippen molar-refractivity contribution in [3.05, 3.63) is 63.9 Å². The number of likely N-dealkylation sites (N-methyl/N-ethyl adjacent to an activating group) is 1. The minimum atomic E-state index is -1.23. The molecule has 2 fully saturated rings. The first-order valence-electron chi connectivity index (χ1n) is 11.3. The predicted octanol–water partition coefficient (Wildman–Crippen LogP) is 4.81. The van der Waals surface area contributed by atoms with E-state index < -0.39 is 29.5 Å². The fraction of sp³-hybridized carbons (Fsp3) is 0.440. The van der Waals surface area contributed by atoms with Crippen molar-refractivity contribution in [1.29, 1.82) is 0 Å². The Balaban J connectivity index is 1.70. The normalized spacial score (nSPS) is 26.8. The van der Waals surface area contributed by atoms with Gasteiger partial charge in [-0.05, 0) is 67.6 Å². The minimum absolute atomic E-state index is 0.0703. The largest absolute Gasteiger partial charge is 0.415 e. The molecule has 6 nitrogen and oxygen atoms in total. The Morgan fingerprint density at radius 3 is 2.41 bits per heavy atom. The van der Waals surface area contributed by atoms with E-state index >= 15 is 0 Å². The zero-order chi connectivity index (χ0) is 24.5. The second-order valence-electron chi connectivity index (χ2n) is 9.03. The van der Waals surface area contributed by atoms with Crippen LogP contribution < -0.4 is 10.1 Å². The van der Waals surface area contributed by atoms with Crippen molar-refractivity contribution >= 4 is 35.1 Å². The highest BCUT2D eigenvalue weighted by molar-refractivity contribution is 6.42. The molecule has 2 N–H and O–H groups in total. The van der Waals surface area contributed by atoms with Gasteiger partial charge in [0.2, 0.25) is 0 Å². The number of hydrogen-bond donors (Lipinski definition) is 2. The van der Waals surface area contributed by atoms with Crippen LogP contribution in [-0.4, -0.2) is 53.7 Å². The lowest BCUT2D eigenvalue weighted by Crippen LogP contribution is -2.62. The summed E-state index contributed by atoms with van der Waals surface area (Å²) < 4.78 is 18.8. The summed E-state index contributed by atoms with van der Waals surface area (Å²) in [4.78, 5) is 28.8. The number of Topliss-reactive ketones (excluding diaryl/α,β-unsaturated/α-hetero) is 1. The van der Waals surface area contributed by atoms with Crippen molar-refractivity contribution in [3.8, 4) is 5.75 Å². The molecule has 2 atom stereocenters. The van der Waals surface area contributed by atoms with Gasteiger partial charge in [0.1, 0.15) is 17.1 Å². The van der Waals surface area contributed by atoms with Crippen LogP contribution in [0.4, 0.5) is 9.18 Å². The van der Waals surface area contributed by atoms with E-state index in [9.17, 15) is 19.1 Å². The van der Waals surface area contributed by atoms with Gasteiger partial charge in [-0.1, -0.05) is 29.3 Å². The molecule has 34 heavy (non-hydrogen) atoms. The third-order valence-corrected chi connectivity index (χ3v) is 7.79. The molecule has 2 aromatic carbocycles. The van der Waals surface area contributed by atoms with Gasteiger partial charge in [-0.25, -0.2) is 9.18 Å². The van der Waals surface area contributed by atoms with Crippen LogP contribution in [0.5, 0.6) is 5.75 Å². The van der Waals surface area contributed by atoms with Crippen LogP contribution in [0.2, 0.25) is 10.0 Å². The van der Waals surface area contributed by atoms with Crippen LogP contribution >= 0.6 is 23.2 Å². The smallest absolute Gasteiger partial charge is 0.410 e. The van der Waals surface area contributed by atoms with Crippen LogP contribution in [0.3, 0.4) is 0 Å². The highest BCUT2D eigenvalue weighted by Crippen LogP contribution is 2.43. The number of aliphatic hydroxyl groups is 1. The van der Waals surface area contributed by atoms with Crippen LogP contribution in [0.15, 0.2) is 42.5 Å². The summed E-state index contributed by atoms with van der Waals surface area (Å²) in [6.45, 7) is 0.692. The van der Waals surface area contributed by atoms with Crippen molar-refractivity contribution in [3.63, 3.8) is 0 Å². The van der Waals surface area contributed by atoms with Crippen molar-refractivity contribution < 1.29 is 23.8 Å². The summed E-state index contributed by atoms with van der Waals surface area (Å²) >= 11 is 12.4. The van der Waals surface area contributed by atoms with Gasteiger partial charge < -0.3 is 15.2 Å². The number of ketones is 1. The lowest BCUT2D eigenvalue weighted by molar-refractivity contribution is -0.135. The number of benzene rings is 2. The number of carbonyl (C=O) groups is 2. The molecule has 2 aliphatic rings. The van der Waals surface area contributed by atoms with E-state index in [2.05, 4.69) is 5.32 Å². The zero-order valence-electron chi connectivity index (χ0n) is 18.8. The van der Waals surface area contributed by atoms with Crippen LogP contribution in [0.1, 0.15) is 37.2 Å². The van der Waals surface area contributed by atoms with E-state index in [4.69, 9.17) is 27.9 Å². The first-order valence-corrected chi connectivity index (χ1v) is 12.1. The van der Waals surface area contributed by atoms with E-state index in [0.717, 1.165) is 5.56 Å². The fourth-order valence-corrected chi connectivity index (χ4v) is 5.43. The Labute approximate surface area is 208 Å². The van der Waals surface area contributed by atoms with Gasteiger partial charge in [0, 0.05) is 32.0 Å². The highest BCUT2D eigenvalue weighted by Gasteiger charge is 2.56. The SMILES string of the molecule is CN(C(=O)Oc1ccc(F)cc1)[C@]1(C(=O)C2CCC(O)CC2)CNC[C@H]1c1ccc(Cl)c(Cl)c1. The third kappa shape index (κ3) is 4.80. The maximum atomic E-state index is 14.1. The first-order chi connectivity index (χ1) is 16.2. The number of nitrogens with one attached hydrogen (secondary N) is 1. The van der Waals surface area contributed by atoms with Gasteiger partial charge in [0.25, 0.3) is 0 Å². The van der Waals surface area contributed by atoms with E-state index in [1.807, 2.05) is 6.07 Å². The third-order valence-electron chi connectivity index (χ3n) is 7.05. The highest BCUT2D eigenvalue weighted by atomic mass is 35.5. The number of nitrogens with zero attached hydrogens (tertiary/aromatic N) is 1. The van der Waals surface area contributed by atoms with Gasteiger partial charge >= 0.3 is 6.09 Å². The van der Waals surface area contributed by atoms with E-state index in [1.54, 1.807) is 19.2 Å².